The summed E-state index contributed by atoms with van der Waals surface area (Å²) in [6.45, 7) is 4.54. The topological polar surface area (TPSA) is 0 Å². The number of unbranched alkanes of at least 4 members (excludes halogenated alkanes) is 6. The molecule has 0 amide bonds. The van der Waals surface area contributed by atoms with Crippen molar-refractivity contribution in [2.45, 2.75) is 90.9 Å². The van der Waals surface area contributed by atoms with Gasteiger partial charge in [-0.2, -0.15) is 0 Å². The Morgan fingerprint density at radius 1 is 0.650 bits per heavy atom. The van der Waals surface area contributed by atoms with E-state index in [1.807, 2.05) is 0 Å². The molecule has 1 fully saturated rings. The monoisotopic (exact) mass is 276 g/mol. The molecule has 1 aliphatic carbocycles. The van der Waals surface area contributed by atoms with Gasteiger partial charge in [0.25, 0.3) is 0 Å². The fourth-order valence-corrected chi connectivity index (χ4v) is 3.14. The summed E-state index contributed by atoms with van der Waals surface area (Å²) >= 11 is 0. The van der Waals surface area contributed by atoms with E-state index in [1.54, 1.807) is 0 Å². The summed E-state index contributed by atoms with van der Waals surface area (Å²) in [5.74, 6) is 1.75. The van der Waals surface area contributed by atoms with Crippen LogP contribution in [-0.2, 0) is 0 Å². The summed E-state index contributed by atoms with van der Waals surface area (Å²) in [7, 11) is 0. The Balaban J connectivity index is 2.03. The lowest BCUT2D eigenvalue weighted by molar-refractivity contribution is 0.355. The van der Waals surface area contributed by atoms with Gasteiger partial charge in [0.1, 0.15) is 0 Å². The Hall–Kier alpha value is -0.520. The molecule has 0 heteroatoms. The summed E-state index contributed by atoms with van der Waals surface area (Å²) in [6.07, 6.45) is 26.4. The van der Waals surface area contributed by atoms with Crippen molar-refractivity contribution in [1.29, 1.82) is 0 Å². The van der Waals surface area contributed by atoms with Crippen molar-refractivity contribution in [3.8, 4) is 0 Å². The molecule has 0 aromatic carbocycles. The minimum atomic E-state index is 0.875. The largest absolute Gasteiger partial charge is 0.0883 e. The second-order valence-corrected chi connectivity index (χ2v) is 6.52. The van der Waals surface area contributed by atoms with Crippen molar-refractivity contribution in [3.63, 3.8) is 0 Å². The molecule has 1 saturated carbocycles. The number of hydrogen-bond donors (Lipinski definition) is 0. The molecule has 0 bridgehead atoms. The third-order valence-corrected chi connectivity index (χ3v) is 4.56. The van der Waals surface area contributed by atoms with Gasteiger partial charge in [0, 0.05) is 0 Å². The molecule has 1 rings (SSSR count). The van der Waals surface area contributed by atoms with Crippen LogP contribution in [0.1, 0.15) is 90.9 Å². The van der Waals surface area contributed by atoms with Crippen LogP contribution in [0.15, 0.2) is 24.3 Å². The van der Waals surface area contributed by atoms with Crippen LogP contribution < -0.4 is 0 Å². The molecule has 116 valence electrons. The molecule has 0 radical (unpaired) electrons. The normalized spacial score (nSPS) is 23.9. The molecule has 0 unspecified atom stereocenters. The highest BCUT2D eigenvalue weighted by Crippen LogP contribution is 2.30. The zero-order chi connectivity index (χ0) is 14.5. The molecular formula is C20H36. The van der Waals surface area contributed by atoms with Crippen LogP contribution >= 0.6 is 0 Å². The van der Waals surface area contributed by atoms with Gasteiger partial charge in [-0.3, -0.25) is 0 Å². The first-order valence-corrected chi connectivity index (χ1v) is 9.20. The number of hydrogen-bond acceptors (Lipinski definition) is 0. The van der Waals surface area contributed by atoms with Crippen molar-refractivity contribution in [3.05, 3.63) is 24.3 Å². The molecule has 20 heavy (non-hydrogen) atoms. The summed E-state index contributed by atoms with van der Waals surface area (Å²) in [5, 5.41) is 0. The fraction of sp³-hybridized carbons (Fsp3) is 0.800. The van der Waals surface area contributed by atoms with Gasteiger partial charge in [0.05, 0.1) is 0 Å². The molecule has 0 N–H and O–H groups in total. The molecule has 0 atom stereocenters. The van der Waals surface area contributed by atoms with Crippen LogP contribution in [0.25, 0.3) is 0 Å². The molecule has 0 aromatic heterocycles. The summed E-state index contributed by atoms with van der Waals surface area (Å²) in [6, 6.07) is 0. The van der Waals surface area contributed by atoms with Gasteiger partial charge in [-0.15, -0.1) is 0 Å². The van der Waals surface area contributed by atoms with Crippen LogP contribution in [0, 0.1) is 11.8 Å². The molecule has 0 spiro atoms. The molecule has 1 aliphatic rings. The smallest absolute Gasteiger partial charge is 0.0233 e. The Morgan fingerprint density at radius 2 is 1.20 bits per heavy atom. The highest BCUT2D eigenvalue weighted by atomic mass is 14.2. The molecule has 0 aromatic rings. The van der Waals surface area contributed by atoms with Crippen LogP contribution in [0.2, 0.25) is 0 Å². The van der Waals surface area contributed by atoms with E-state index >= 15 is 0 Å². The summed E-state index contributed by atoms with van der Waals surface area (Å²) < 4.78 is 0. The zero-order valence-electron chi connectivity index (χ0n) is 13.9. The van der Waals surface area contributed by atoms with E-state index in [-0.39, 0.29) is 0 Å². The second-order valence-electron chi connectivity index (χ2n) is 6.52. The first-order valence-electron chi connectivity index (χ1n) is 9.20. The van der Waals surface area contributed by atoms with Crippen LogP contribution in [0.4, 0.5) is 0 Å². The second kappa shape index (κ2) is 12.2. The Labute approximate surface area is 127 Å². The van der Waals surface area contributed by atoms with Gasteiger partial charge < -0.3 is 0 Å². The lowest BCUT2D eigenvalue weighted by atomic mass is 9.81. The minimum Gasteiger partial charge on any atom is -0.0883 e. The Kier molecular flexibility index (Phi) is 10.7. The third-order valence-electron chi connectivity index (χ3n) is 4.56. The maximum atomic E-state index is 2.52. The SMILES string of the molecule is CCC/C=C/C1CCC(/C=C/CCCCCCC)CC1. The van der Waals surface area contributed by atoms with E-state index in [0.29, 0.717) is 0 Å². The van der Waals surface area contributed by atoms with Gasteiger partial charge in [-0.1, -0.05) is 70.3 Å². The molecule has 0 heterocycles. The first kappa shape index (κ1) is 17.5. The van der Waals surface area contributed by atoms with Gasteiger partial charge in [0.15, 0.2) is 0 Å². The van der Waals surface area contributed by atoms with Crippen LogP contribution in [-0.4, -0.2) is 0 Å². The first-order chi connectivity index (χ1) is 9.86. The van der Waals surface area contributed by atoms with Crippen LogP contribution in [0.3, 0.4) is 0 Å². The van der Waals surface area contributed by atoms with Gasteiger partial charge >= 0.3 is 0 Å². The maximum Gasteiger partial charge on any atom is -0.0233 e. The van der Waals surface area contributed by atoms with Gasteiger partial charge in [0.2, 0.25) is 0 Å². The lowest BCUT2D eigenvalue weighted by Gasteiger charge is -2.24. The van der Waals surface area contributed by atoms with E-state index in [0.717, 1.165) is 11.8 Å². The molecular weight excluding hydrogens is 240 g/mol. The summed E-state index contributed by atoms with van der Waals surface area (Å²) in [5.41, 5.74) is 0. The molecule has 0 saturated heterocycles. The molecule has 0 nitrogen and oxygen atoms in total. The van der Waals surface area contributed by atoms with Crippen molar-refractivity contribution < 1.29 is 0 Å². The van der Waals surface area contributed by atoms with E-state index in [2.05, 4.69) is 38.2 Å². The van der Waals surface area contributed by atoms with Gasteiger partial charge in [-0.05, 0) is 56.8 Å². The van der Waals surface area contributed by atoms with E-state index in [9.17, 15) is 0 Å². The predicted octanol–water partition coefficient (Wildman–Crippen LogP) is 7.07. The zero-order valence-corrected chi connectivity index (χ0v) is 13.9. The predicted molar refractivity (Wildman–Crippen MR) is 92.0 cm³/mol. The van der Waals surface area contributed by atoms with Crippen LogP contribution in [0.5, 0.6) is 0 Å². The molecule has 0 aliphatic heterocycles. The van der Waals surface area contributed by atoms with E-state index in [4.69, 9.17) is 0 Å². The number of allylic oxidation sites excluding steroid dienone is 4. The van der Waals surface area contributed by atoms with Crippen molar-refractivity contribution >= 4 is 0 Å². The quantitative estimate of drug-likeness (QED) is 0.296. The van der Waals surface area contributed by atoms with E-state index in [1.165, 1.54) is 77.0 Å². The maximum absolute atomic E-state index is 2.52. The average molecular weight is 277 g/mol. The van der Waals surface area contributed by atoms with E-state index < -0.39 is 0 Å². The van der Waals surface area contributed by atoms with Crippen molar-refractivity contribution in [2.75, 3.05) is 0 Å². The fourth-order valence-electron chi connectivity index (χ4n) is 3.14. The standard InChI is InChI=1S/C20H36/c1-3-5-7-8-9-10-12-14-20-17-15-19(16-18-20)13-11-6-4-2/h11-14,19-20H,3-10,15-18H2,1-2H3/b13-11+,14-12+. The van der Waals surface area contributed by atoms with Crippen molar-refractivity contribution in [2.24, 2.45) is 11.8 Å². The number of rotatable bonds is 10. The third kappa shape index (κ3) is 8.61. The van der Waals surface area contributed by atoms with Crippen molar-refractivity contribution in [1.82, 2.24) is 0 Å². The Morgan fingerprint density at radius 3 is 1.75 bits per heavy atom. The minimum absolute atomic E-state index is 0.875. The van der Waals surface area contributed by atoms with Gasteiger partial charge in [-0.25, -0.2) is 0 Å². The lowest BCUT2D eigenvalue weighted by Crippen LogP contribution is -2.11. The average Bonchev–Trinajstić information content (AvgIpc) is 2.48. The Bertz CT molecular complexity index is 253. The highest BCUT2D eigenvalue weighted by molar-refractivity contribution is 4.96. The summed E-state index contributed by atoms with van der Waals surface area (Å²) in [4.78, 5) is 0. The highest BCUT2D eigenvalue weighted by Gasteiger charge is 2.16.